The smallest absolute Gasteiger partial charge is 0.147 e. The van der Waals surface area contributed by atoms with E-state index in [-0.39, 0.29) is 5.41 Å². The van der Waals surface area contributed by atoms with Gasteiger partial charge in [-0.25, -0.2) is 4.98 Å². The lowest BCUT2D eigenvalue weighted by Crippen LogP contribution is -2.25. The highest BCUT2D eigenvalue weighted by Crippen LogP contribution is 2.29. The van der Waals surface area contributed by atoms with E-state index in [1.807, 2.05) is 6.92 Å². The molecule has 1 aromatic rings. The number of nitrogens with zero attached hydrogens (tertiary/aromatic N) is 1. The Morgan fingerprint density at radius 3 is 2.25 bits per heavy atom. The number of nitrogens with one attached hydrogen (secondary N) is 2. The topological polar surface area (TPSA) is 57.2 Å². The van der Waals surface area contributed by atoms with Crippen LogP contribution in [-0.2, 0) is 0 Å². The molecule has 1 aromatic heterocycles. The lowest BCUT2D eigenvalue weighted by atomic mass is 9.89. The van der Waals surface area contributed by atoms with Gasteiger partial charge >= 0.3 is 0 Å². The van der Waals surface area contributed by atoms with Crippen LogP contribution in [0.25, 0.3) is 0 Å². The van der Waals surface area contributed by atoms with Crippen molar-refractivity contribution in [2.45, 2.75) is 40.2 Å². The lowest BCUT2D eigenvalue weighted by molar-refractivity contribution is 0.132. The number of rotatable bonds is 6. The van der Waals surface area contributed by atoms with Crippen LogP contribution in [0.3, 0.4) is 0 Å². The highest BCUT2D eigenvalue weighted by Gasteiger charge is 2.17. The summed E-state index contributed by atoms with van der Waals surface area (Å²) in [6, 6.07) is 1.65. The van der Waals surface area contributed by atoms with E-state index in [0.29, 0.717) is 34.6 Å². The molecule has 4 nitrogen and oxygen atoms in total. The van der Waals surface area contributed by atoms with E-state index in [4.69, 9.17) is 23.2 Å². The fraction of sp³-hybridized carbons (Fsp3) is 0.643. The van der Waals surface area contributed by atoms with Crippen molar-refractivity contribution in [3.63, 3.8) is 0 Å². The average molecular weight is 320 g/mol. The summed E-state index contributed by atoms with van der Waals surface area (Å²) in [6.45, 7) is 9.36. The molecule has 0 saturated carbocycles. The summed E-state index contributed by atoms with van der Waals surface area (Å²) in [4.78, 5) is 4.33. The lowest BCUT2D eigenvalue weighted by Gasteiger charge is -2.23. The highest BCUT2D eigenvalue weighted by atomic mass is 35.5. The van der Waals surface area contributed by atoms with Crippen LogP contribution in [0.15, 0.2) is 6.07 Å². The molecule has 6 heteroatoms. The molecule has 1 unspecified atom stereocenters. The van der Waals surface area contributed by atoms with Crippen LogP contribution in [0, 0.1) is 5.41 Å². The molecule has 0 aliphatic heterocycles. The van der Waals surface area contributed by atoms with Crippen LogP contribution in [0.5, 0.6) is 0 Å². The first-order valence-electron chi connectivity index (χ1n) is 6.74. The SMILES string of the molecule is CCNc1nc(NCC(O)CC(C)(C)C)c(Cl)cc1Cl. The number of aromatic nitrogens is 1. The normalized spacial score (nSPS) is 13.2. The number of hydrogen-bond acceptors (Lipinski definition) is 4. The molecule has 3 N–H and O–H groups in total. The van der Waals surface area contributed by atoms with E-state index in [2.05, 4.69) is 36.4 Å². The largest absolute Gasteiger partial charge is 0.391 e. The van der Waals surface area contributed by atoms with E-state index >= 15 is 0 Å². The summed E-state index contributed by atoms with van der Waals surface area (Å²) >= 11 is 12.1. The number of hydrogen-bond donors (Lipinski definition) is 3. The van der Waals surface area contributed by atoms with Crippen LogP contribution in [0.4, 0.5) is 11.6 Å². The number of aliphatic hydroxyl groups excluding tert-OH is 1. The molecule has 0 aromatic carbocycles. The summed E-state index contributed by atoms with van der Waals surface area (Å²) in [6.07, 6.45) is 0.247. The summed E-state index contributed by atoms with van der Waals surface area (Å²) in [5, 5.41) is 17.1. The zero-order chi connectivity index (χ0) is 15.3. The molecule has 0 aliphatic rings. The zero-order valence-corrected chi connectivity index (χ0v) is 13.9. The minimum absolute atomic E-state index is 0.0766. The van der Waals surface area contributed by atoms with Crippen molar-refractivity contribution in [2.24, 2.45) is 5.41 Å². The third-order valence-electron chi connectivity index (χ3n) is 2.63. The molecule has 0 bridgehead atoms. The van der Waals surface area contributed by atoms with Gasteiger partial charge in [-0.05, 0) is 24.8 Å². The molecule has 1 rings (SSSR count). The van der Waals surface area contributed by atoms with Gasteiger partial charge in [0.2, 0.25) is 0 Å². The van der Waals surface area contributed by atoms with E-state index in [9.17, 15) is 5.11 Å². The minimum Gasteiger partial charge on any atom is -0.391 e. The van der Waals surface area contributed by atoms with Crippen molar-refractivity contribution in [3.05, 3.63) is 16.1 Å². The van der Waals surface area contributed by atoms with Crippen molar-refractivity contribution >= 4 is 34.8 Å². The molecule has 0 saturated heterocycles. The van der Waals surface area contributed by atoms with Gasteiger partial charge in [-0.1, -0.05) is 44.0 Å². The van der Waals surface area contributed by atoms with E-state index in [0.717, 1.165) is 6.54 Å². The number of halogens is 2. The number of anilines is 2. The Morgan fingerprint density at radius 2 is 1.75 bits per heavy atom. The maximum absolute atomic E-state index is 9.99. The molecule has 1 atom stereocenters. The Bertz CT molecular complexity index is 447. The standard InChI is InChI=1S/C14H23Cl2N3O/c1-5-17-12-10(15)6-11(16)13(19-12)18-8-9(20)7-14(2,3)4/h6,9,20H,5,7-8H2,1-4H3,(H2,17,18,19). The monoisotopic (exact) mass is 319 g/mol. The second kappa shape index (κ2) is 7.34. The van der Waals surface area contributed by atoms with Gasteiger partial charge in [0.1, 0.15) is 11.6 Å². The van der Waals surface area contributed by atoms with Gasteiger partial charge in [0.15, 0.2) is 0 Å². The first-order valence-corrected chi connectivity index (χ1v) is 7.50. The highest BCUT2D eigenvalue weighted by molar-refractivity contribution is 6.37. The molecule has 0 fully saturated rings. The molecule has 0 aliphatic carbocycles. The van der Waals surface area contributed by atoms with Gasteiger partial charge in [0.05, 0.1) is 16.1 Å². The Morgan fingerprint density at radius 1 is 1.20 bits per heavy atom. The maximum atomic E-state index is 9.99. The predicted molar refractivity (Wildman–Crippen MR) is 87.0 cm³/mol. The van der Waals surface area contributed by atoms with E-state index < -0.39 is 6.10 Å². The summed E-state index contributed by atoms with van der Waals surface area (Å²) < 4.78 is 0. The third kappa shape index (κ3) is 5.73. The van der Waals surface area contributed by atoms with Crippen molar-refractivity contribution in [3.8, 4) is 0 Å². The van der Waals surface area contributed by atoms with Crippen molar-refractivity contribution < 1.29 is 5.11 Å². The van der Waals surface area contributed by atoms with Gasteiger partial charge in [0, 0.05) is 13.1 Å². The Hall–Kier alpha value is -0.710. The fourth-order valence-electron chi connectivity index (χ4n) is 1.88. The summed E-state index contributed by atoms with van der Waals surface area (Å²) in [5.74, 6) is 1.12. The first-order chi connectivity index (χ1) is 9.23. The molecular weight excluding hydrogens is 297 g/mol. The van der Waals surface area contributed by atoms with Crippen molar-refractivity contribution in [1.82, 2.24) is 4.98 Å². The van der Waals surface area contributed by atoms with Gasteiger partial charge in [-0.2, -0.15) is 0 Å². The van der Waals surface area contributed by atoms with Crippen LogP contribution >= 0.6 is 23.2 Å². The minimum atomic E-state index is -0.453. The molecule has 0 radical (unpaired) electrons. The second-order valence-corrected chi connectivity index (χ2v) is 6.79. The molecule has 20 heavy (non-hydrogen) atoms. The van der Waals surface area contributed by atoms with Gasteiger partial charge < -0.3 is 15.7 Å². The quantitative estimate of drug-likeness (QED) is 0.741. The fourth-order valence-corrected chi connectivity index (χ4v) is 2.37. The van der Waals surface area contributed by atoms with Gasteiger partial charge in [-0.15, -0.1) is 0 Å². The number of pyridine rings is 1. The maximum Gasteiger partial charge on any atom is 0.147 e. The molecular formula is C14H23Cl2N3O. The molecule has 1 heterocycles. The molecule has 0 spiro atoms. The van der Waals surface area contributed by atoms with Gasteiger partial charge in [0.25, 0.3) is 0 Å². The third-order valence-corrected chi connectivity index (χ3v) is 3.20. The van der Waals surface area contributed by atoms with Crippen LogP contribution in [-0.4, -0.2) is 29.3 Å². The molecule has 114 valence electrons. The van der Waals surface area contributed by atoms with Gasteiger partial charge in [-0.3, -0.25) is 0 Å². The second-order valence-electron chi connectivity index (χ2n) is 5.98. The summed E-state index contributed by atoms with van der Waals surface area (Å²) in [5.41, 5.74) is 0.0766. The summed E-state index contributed by atoms with van der Waals surface area (Å²) in [7, 11) is 0. The zero-order valence-electron chi connectivity index (χ0n) is 12.4. The predicted octanol–water partition coefficient (Wildman–Crippen LogP) is 4.03. The number of aliphatic hydroxyl groups is 1. The van der Waals surface area contributed by atoms with Crippen LogP contribution < -0.4 is 10.6 Å². The Labute approximate surface area is 130 Å². The van der Waals surface area contributed by atoms with Crippen LogP contribution in [0.2, 0.25) is 10.0 Å². The first kappa shape index (κ1) is 17.3. The molecule has 0 amide bonds. The van der Waals surface area contributed by atoms with E-state index in [1.54, 1.807) is 6.07 Å². The van der Waals surface area contributed by atoms with E-state index in [1.165, 1.54) is 0 Å². The Kier molecular flexibility index (Phi) is 6.37. The van der Waals surface area contributed by atoms with Crippen LogP contribution in [0.1, 0.15) is 34.1 Å². The Balaban J connectivity index is 2.70. The van der Waals surface area contributed by atoms with Crippen molar-refractivity contribution in [1.29, 1.82) is 0 Å². The van der Waals surface area contributed by atoms with Crippen molar-refractivity contribution in [2.75, 3.05) is 23.7 Å². The average Bonchev–Trinajstić information content (AvgIpc) is 2.29.